The van der Waals surface area contributed by atoms with Crippen molar-refractivity contribution in [1.82, 2.24) is 4.72 Å². The minimum atomic E-state index is -1.28. The molecule has 0 aliphatic carbocycles. The van der Waals surface area contributed by atoms with Gasteiger partial charge in [-0.1, -0.05) is 23.7 Å². The van der Waals surface area contributed by atoms with Crippen LogP contribution in [0.1, 0.15) is 53.0 Å². The molecule has 1 unspecified atom stereocenters. The van der Waals surface area contributed by atoms with E-state index in [-0.39, 0.29) is 6.04 Å². The van der Waals surface area contributed by atoms with Gasteiger partial charge >= 0.3 is 0 Å². The lowest BCUT2D eigenvalue weighted by Gasteiger charge is -2.35. The molecule has 0 bridgehead atoms. The van der Waals surface area contributed by atoms with Crippen LogP contribution in [-0.4, -0.2) is 28.6 Å². The first-order valence-corrected chi connectivity index (χ1v) is 10.7. The highest BCUT2D eigenvalue weighted by Gasteiger charge is 2.43. The molecule has 7 heteroatoms. The first-order chi connectivity index (χ1) is 12.5. The average molecular weight is 413 g/mol. The molecule has 1 aliphatic heterocycles. The van der Waals surface area contributed by atoms with Crippen molar-refractivity contribution in [2.24, 2.45) is 5.41 Å². The molecule has 1 N–H and O–H groups in total. The number of nitriles is 1. The third-order valence-corrected chi connectivity index (χ3v) is 6.59. The van der Waals surface area contributed by atoms with E-state index >= 15 is 0 Å². The standard InChI is InChI=1S/C20H29ClN2O3S/c1-18(2,3)27(24)23-17(19(4,5)14-22)9-10-20(25-11-12-26-20)15-7-6-8-16(21)13-15/h6-8,13,17,23H,9-12H2,1-5H3/t17?,27-/m0/s1. The predicted molar refractivity (Wildman–Crippen MR) is 108 cm³/mol. The van der Waals surface area contributed by atoms with Crippen LogP contribution in [0.5, 0.6) is 0 Å². The average Bonchev–Trinajstić information content (AvgIpc) is 3.07. The van der Waals surface area contributed by atoms with Crippen LogP contribution in [0.2, 0.25) is 5.02 Å². The van der Waals surface area contributed by atoms with E-state index in [9.17, 15) is 9.81 Å². The number of rotatable bonds is 7. The monoisotopic (exact) mass is 412 g/mol. The smallest absolute Gasteiger partial charge is 0.195 e. The summed E-state index contributed by atoms with van der Waals surface area (Å²) in [5.41, 5.74) is 0.160. The Hall–Kier alpha value is -0.810. The SMILES string of the molecule is CC(C)(C#N)C(CCC1(c2cccc(Cl)c2)OCCO1)N[S@@+]([O-])C(C)(C)C. The summed E-state index contributed by atoms with van der Waals surface area (Å²) < 4.78 is 27.3. The van der Waals surface area contributed by atoms with Gasteiger partial charge < -0.3 is 14.0 Å². The summed E-state index contributed by atoms with van der Waals surface area (Å²) in [5.74, 6) is -0.889. The molecule has 1 aromatic rings. The van der Waals surface area contributed by atoms with Gasteiger partial charge in [0.15, 0.2) is 5.79 Å². The molecule has 5 nitrogen and oxygen atoms in total. The fourth-order valence-corrected chi connectivity index (χ4v) is 4.14. The Labute approximate surface area is 170 Å². The van der Waals surface area contributed by atoms with Crippen LogP contribution in [0.25, 0.3) is 0 Å². The molecule has 1 saturated heterocycles. The molecule has 0 amide bonds. The van der Waals surface area contributed by atoms with Crippen molar-refractivity contribution < 1.29 is 14.0 Å². The number of nitrogens with zero attached hydrogens (tertiary/aromatic N) is 1. The summed E-state index contributed by atoms with van der Waals surface area (Å²) in [5, 5.41) is 10.2. The molecule has 2 rings (SSSR count). The molecule has 150 valence electrons. The molecule has 1 aromatic carbocycles. The lowest BCUT2D eigenvalue weighted by molar-refractivity contribution is -0.173. The molecule has 27 heavy (non-hydrogen) atoms. The second-order valence-corrected chi connectivity index (χ2v) is 10.8. The Bertz CT molecular complexity index is 679. The summed E-state index contributed by atoms with van der Waals surface area (Å²) in [6, 6.07) is 9.51. The maximum Gasteiger partial charge on any atom is 0.195 e. The maximum atomic E-state index is 12.6. The Kier molecular flexibility index (Phi) is 7.23. The zero-order valence-corrected chi connectivity index (χ0v) is 18.2. The number of halogens is 1. The van der Waals surface area contributed by atoms with E-state index < -0.39 is 27.3 Å². The van der Waals surface area contributed by atoms with Crippen LogP contribution in [0.15, 0.2) is 24.3 Å². The lowest BCUT2D eigenvalue weighted by atomic mass is 9.82. The van der Waals surface area contributed by atoms with Gasteiger partial charge in [0.1, 0.15) is 4.75 Å². The van der Waals surface area contributed by atoms with E-state index in [1.807, 2.05) is 58.9 Å². The Morgan fingerprint density at radius 1 is 1.30 bits per heavy atom. The van der Waals surface area contributed by atoms with Crippen LogP contribution in [0.3, 0.4) is 0 Å². The molecular formula is C20H29ClN2O3S. The third-order valence-electron chi connectivity index (χ3n) is 4.75. The van der Waals surface area contributed by atoms with E-state index in [1.54, 1.807) is 0 Å². The first-order valence-electron chi connectivity index (χ1n) is 9.13. The van der Waals surface area contributed by atoms with Crippen LogP contribution >= 0.6 is 11.6 Å². The van der Waals surface area contributed by atoms with E-state index in [0.717, 1.165) is 5.56 Å². The van der Waals surface area contributed by atoms with Crippen molar-refractivity contribution in [2.45, 2.75) is 64.0 Å². The van der Waals surface area contributed by atoms with Gasteiger partial charge in [0.2, 0.25) is 0 Å². The molecule has 0 spiro atoms. The quantitative estimate of drug-likeness (QED) is 0.676. The first kappa shape index (κ1) is 22.5. The molecular weight excluding hydrogens is 384 g/mol. The summed E-state index contributed by atoms with van der Waals surface area (Å²) >= 11 is 4.87. The van der Waals surface area contributed by atoms with Crippen molar-refractivity contribution >= 4 is 23.0 Å². The lowest BCUT2D eigenvalue weighted by Crippen LogP contribution is -2.50. The summed E-state index contributed by atoms with van der Waals surface area (Å²) in [6.07, 6.45) is 1.09. The van der Waals surface area contributed by atoms with E-state index in [1.165, 1.54) is 0 Å². The maximum absolute atomic E-state index is 12.6. The zero-order chi connectivity index (χ0) is 20.3. The third kappa shape index (κ3) is 5.60. The van der Waals surface area contributed by atoms with Gasteiger partial charge in [0, 0.05) is 28.4 Å². The Morgan fingerprint density at radius 2 is 1.93 bits per heavy atom. The number of nitrogens with one attached hydrogen (secondary N) is 1. The van der Waals surface area contributed by atoms with Crippen LogP contribution < -0.4 is 4.72 Å². The number of ether oxygens (including phenoxy) is 2. The fraction of sp³-hybridized carbons (Fsp3) is 0.650. The highest BCUT2D eigenvalue weighted by atomic mass is 35.5. The van der Waals surface area contributed by atoms with Crippen molar-refractivity contribution in [3.63, 3.8) is 0 Å². The molecule has 0 aromatic heterocycles. The van der Waals surface area contributed by atoms with Gasteiger partial charge in [0.05, 0.1) is 30.7 Å². The molecule has 0 saturated carbocycles. The van der Waals surface area contributed by atoms with Crippen molar-refractivity contribution in [2.75, 3.05) is 13.2 Å². The van der Waals surface area contributed by atoms with E-state index in [0.29, 0.717) is 31.1 Å². The molecule has 1 aliphatic rings. The second-order valence-electron chi connectivity index (χ2n) is 8.38. The highest BCUT2D eigenvalue weighted by molar-refractivity contribution is 7.90. The van der Waals surface area contributed by atoms with Crippen molar-refractivity contribution in [1.29, 1.82) is 5.26 Å². The van der Waals surface area contributed by atoms with Crippen molar-refractivity contribution in [3.8, 4) is 6.07 Å². The summed E-state index contributed by atoms with van der Waals surface area (Å²) in [6.45, 7) is 10.4. The number of hydrogen-bond donors (Lipinski definition) is 1. The van der Waals surface area contributed by atoms with Gasteiger partial charge in [-0.2, -0.15) is 5.26 Å². The molecule has 0 radical (unpaired) electrons. The molecule has 2 atom stereocenters. The van der Waals surface area contributed by atoms with Gasteiger partial charge in [-0.3, -0.25) is 0 Å². The predicted octanol–water partition coefficient (Wildman–Crippen LogP) is 4.29. The summed E-state index contributed by atoms with van der Waals surface area (Å²) in [7, 11) is 0. The van der Waals surface area contributed by atoms with Gasteiger partial charge in [0.25, 0.3) is 0 Å². The largest absolute Gasteiger partial charge is 0.598 e. The normalized spacial score (nSPS) is 19.5. The second kappa shape index (κ2) is 8.69. The topological polar surface area (TPSA) is 77.3 Å². The Morgan fingerprint density at radius 3 is 2.44 bits per heavy atom. The van der Waals surface area contributed by atoms with Gasteiger partial charge in [-0.25, -0.2) is 0 Å². The molecule has 1 fully saturated rings. The fourth-order valence-electron chi connectivity index (χ4n) is 2.92. The summed E-state index contributed by atoms with van der Waals surface area (Å²) in [4.78, 5) is 0. The van der Waals surface area contributed by atoms with Gasteiger partial charge in [-0.05, 0) is 53.2 Å². The van der Waals surface area contributed by atoms with Gasteiger partial charge in [-0.15, -0.1) is 4.72 Å². The number of benzene rings is 1. The van der Waals surface area contributed by atoms with E-state index in [2.05, 4.69) is 10.8 Å². The van der Waals surface area contributed by atoms with Crippen LogP contribution in [-0.2, 0) is 26.6 Å². The van der Waals surface area contributed by atoms with Crippen molar-refractivity contribution in [3.05, 3.63) is 34.9 Å². The minimum absolute atomic E-state index is 0.286. The minimum Gasteiger partial charge on any atom is -0.598 e. The Balaban J connectivity index is 2.22. The zero-order valence-electron chi connectivity index (χ0n) is 16.7. The van der Waals surface area contributed by atoms with Crippen LogP contribution in [0.4, 0.5) is 0 Å². The number of hydrogen-bond acceptors (Lipinski definition) is 5. The van der Waals surface area contributed by atoms with Crippen LogP contribution in [0, 0.1) is 16.7 Å². The highest BCUT2D eigenvalue weighted by Crippen LogP contribution is 2.39. The van der Waals surface area contributed by atoms with E-state index in [4.69, 9.17) is 21.1 Å². The molecule has 1 heterocycles.